The second-order valence-corrected chi connectivity index (χ2v) is 6.87. The Balaban J connectivity index is 0.00000225. The van der Waals surface area contributed by atoms with Gasteiger partial charge < -0.3 is 11.1 Å². The fourth-order valence-electron chi connectivity index (χ4n) is 1.36. The first-order chi connectivity index (χ1) is 6.77. The summed E-state index contributed by atoms with van der Waals surface area (Å²) in [6.07, 6.45) is 2.66. The Kier molecular flexibility index (Phi) is 5.51. The molecule has 1 saturated carbocycles. The van der Waals surface area contributed by atoms with Gasteiger partial charge in [0, 0.05) is 12.3 Å². The predicted octanol–water partition coefficient (Wildman–Crippen LogP) is 0.494. The number of hydrogen-bond acceptors (Lipinski definition) is 3. The molecule has 0 amide bonds. The minimum atomic E-state index is -3.01. The van der Waals surface area contributed by atoms with Crippen LogP contribution in [0.5, 0.6) is 0 Å². The van der Waals surface area contributed by atoms with Crippen LogP contribution in [0.3, 0.4) is 0 Å². The second-order valence-electron chi connectivity index (χ2n) is 4.46. The fraction of sp³-hybridized carbons (Fsp3) is 0.889. The zero-order chi connectivity index (χ0) is 11.7. The summed E-state index contributed by atoms with van der Waals surface area (Å²) in [6.45, 7) is 4.18. The molecular formula is C9H20IN3O2S. The molecule has 1 rings (SSSR count). The summed E-state index contributed by atoms with van der Waals surface area (Å²) in [5.41, 5.74) is 5.60. The van der Waals surface area contributed by atoms with Gasteiger partial charge in [-0.05, 0) is 26.7 Å². The lowest BCUT2D eigenvalue weighted by atomic mass is 10.4. The van der Waals surface area contributed by atoms with Crippen molar-refractivity contribution in [2.45, 2.75) is 37.5 Å². The van der Waals surface area contributed by atoms with Gasteiger partial charge in [-0.3, -0.25) is 4.99 Å². The molecule has 5 nitrogen and oxygen atoms in total. The fourth-order valence-corrected chi connectivity index (χ4v) is 2.50. The van der Waals surface area contributed by atoms with Crippen LogP contribution in [0.1, 0.15) is 26.7 Å². The molecule has 0 saturated heterocycles. The molecule has 96 valence electrons. The SMILES string of the molecule is CC(C)NC(N)=NCC1(S(C)(=O)=O)CC1.I. The van der Waals surface area contributed by atoms with E-state index in [1.165, 1.54) is 6.26 Å². The van der Waals surface area contributed by atoms with Crippen molar-refractivity contribution in [1.29, 1.82) is 0 Å². The third-order valence-electron chi connectivity index (χ3n) is 2.57. The first-order valence-electron chi connectivity index (χ1n) is 5.03. The van der Waals surface area contributed by atoms with Gasteiger partial charge in [-0.25, -0.2) is 8.42 Å². The zero-order valence-corrected chi connectivity index (χ0v) is 13.0. The lowest BCUT2D eigenvalue weighted by Crippen LogP contribution is -2.38. The summed E-state index contributed by atoms with van der Waals surface area (Å²) in [5.74, 6) is 0.319. The average Bonchev–Trinajstić information content (AvgIpc) is 2.78. The summed E-state index contributed by atoms with van der Waals surface area (Å²) in [4.78, 5) is 4.07. The monoisotopic (exact) mass is 361 g/mol. The predicted molar refractivity (Wildman–Crippen MR) is 77.0 cm³/mol. The third kappa shape index (κ3) is 4.08. The first kappa shape index (κ1) is 16.0. The lowest BCUT2D eigenvalue weighted by molar-refractivity contribution is 0.583. The molecule has 0 unspecified atom stereocenters. The summed E-state index contributed by atoms with van der Waals surface area (Å²) in [6, 6.07) is 0.210. The highest BCUT2D eigenvalue weighted by Crippen LogP contribution is 2.43. The van der Waals surface area contributed by atoms with E-state index in [1.807, 2.05) is 13.8 Å². The van der Waals surface area contributed by atoms with Crippen LogP contribution in [0.2, 0.25) is 0 Å². The van der Waals surface area contributed by atoms with Crippen LogP contribution in [0, 0.1) is 0 Å². The largest absolute Gasteiger partial charge is 0.370 e. The molecule has 0 heterocycles. The molecule has 1 aliphatic rings. The van der Waals surface area contributed by atoms with Crippen LogP contribution in [-0.2, 0) is 9.84 Å². The normalized spacial score (nSPS) is 19.1. The van der Waals surface area contributed by atoms with E-state index in [0.29, 0.717) is 18.8 Å². The molecule has 1 aliphatic carbocycles. The number of halogens is 1. The number of sulfone groups is 1. The van der Waals surface area contributed by atoms with Gasteiger partial charge in [0.15, 0.2) is 15.8 Å². The van der Waals surface area contributed by atoms with E-state index in [0.717, 1.165) is 0 Å². The number of guanidine groups is 1. The summed E-state index contributed by atoms with van der Waals surface area (Å²) in [5, 5.41) is 2.93. The highest BCUT2D eigenvalue weighted by molar-refractivity contribution is 14.0. The number of nitrogens with two attached hydrogens (primary N) is 1. The van der Waals surface area contributed by atoms with Crippen LogP contribution in [-0.4, -0.2) is 38.0 Å². The molecule has 16 heavy (non-hydrogen) atoms. The van der Waals surface area contributed by atoms with Crippen LogP contribution in [0.25, 0.3) is 0 Å². The van der Waals surface area contributed by atoms with Crippen molar-refractivity contribution >= 4 is 39.8 Å². The Labute approximate surface area is 114 Å². The Morgan fingerprint density at radius 3 is 2.31 bits per heavy atom. The van der Waals surface area contributed by atoms with Gasteiger partial charge in [0.25, 0.3) is 0 Å². The average molecular weight is 361 g/mol. The molecule has 0 aliphatic heterocycles. The molecule has 0 aromatic rings. The minimum Gasteiger partial charge on any atom is -0.370 e. The topological polar surface area (TPSA) is 84.5 Å². The Hall–Kier alpha value is -0.0500. The smallest absolute Gasteiger partial charge is 0.188 e. The van der Waals surface area contributed by atoms with Crippen molar-refractivity contribution in [3.8, 4) is 0 Å². The van der Waals surface area contributed by atoms with E-state index in [9.17, 15) is 8.42 Å². The van der Waals surface area contributed by atoms with Gasteiger partial charge >= 0.3 is 0 Å². The zero-order valence-electron chi connectivity index (χ0n) is 9.86. The summed E-state index contributed by atoms with van der Waals surface area (Å²) < 4.78 is 22.2. The molecule has 0 radical (unpaired) electrons. The molecule has 0 spiro atoms. The van der Waals surface area contributed by atoms with E-state index >= 15 is 0 Å². The number of aliphatic imine (C=N–C) groups is 1. The van der Waals surface area contributed by atoms with Crippen molar-refractivity contribution in [3.05, 3.63) is 0 Å². The number of nitrogens with one attached hydrogen (secondary N) is 1. The Morgan fingerprint density at radius 1 is 1.50 bits per heavy atom. The van der Waals surface area contributed by atoms with Gasteiger partial charge in [0.05, 0.1) is 11.3 Å². The molecule has 0 aromatic heterocycles. The van der Waals surface area contributed by atoms with Crippen molar-refractivity contribution < 1.29 is 8.42 Å². The first-order valence-corrected chi connectivity index (χ1v) is 6.92. The number of nitrogens with zero attached hydrogens (tertiary/aromatic N) is 1. The van der Waals surface area contributed by atoms with E-state index in [2.05, 4.69) is 10.3 Å². The Morgan fingerprint density at radius 2 is 2.00 bits per heavy atom. The Bertz CT molecular complexity index is 361. The van der Waals surface area contributed by atoms with Gasteiger partial charge in [0.1, 0.15) is 0 Å². The molecule has 1 fully saturated rings. The quantitative estimate of drug-likeness (QED) is 0.434. The van der Waals surface area contributed by atoms with Crippen LogP contribution in [0.15, 0.2) is 4.99 Å². The highest BCUT2D eigenvalue weighted by atomic mass is 127. The van der Waals surface area contributed by atoms with Crippen molar-refractivity contribution in [1.82, 2.24) is 5.32 Å². The molecule has 7 heteroatoms. The van der Waals surface area contributed by atoms with Gasteiger partial charge in [-0.1, -0.05) is 0 Å². The van der Waals surface area contributed by atoms with Crippen molar-refractivity contribution in [2.24, 2.45) is 10.7 Å². The molecule has 0 aromatic carbocycles. The molecule has 3 N–H and O–H groups in total. The van der Waals surface area contributed by atoms with E-state index in [-0.39, 0.29) is 36.6 Å². The van der Waals surface area contributed by atoms with Gasteiger partial charge in [-0.2, -0.15) is 0 Å². The van der Waals surface area contributed by atoms with Crippen molar-refractivity contribution in [2.75, 3.05) is 12.8 Å². The number of hydrogen-bond donors (Lipinski definition) is 2. The molecular weight excluding hydrogens is 341 g/mol. The van der Waals surface area contributed by atoms with Gasteiger partial charge in [0.2, 0.25) is 0 Å². The maximum atomic E-state index is 11.4. The number of rotatable bonds is 4. The van der Waals surface area contributed by atoms with Crippen LogP contribution < -0.4 is 11.1 Å². The summed E-state index contributed by atoms with van der Waals surface area (Å²) >= 11 is 0. The van der Waals surface area contributed by atoms with Crippen LogP contribution in [0.4, 0.5) is 0 Å². The second kappa shape index (κ2) is 5.52. The van der Waals surface area contributed by atoms with E-state index < -0.39 is 14.6 Å². The lowest BCUT2D eigenvalue weighted by Gasteiger charge is -2.12. The van der Waals surface area contributed by atoms with E-state index in [1.54, 1.807) is 0 Å². The van der Waals surface area contributed by atoms with Crippen molar-refractivity contribution in [3.63, 3.8) is 0 Å². The minimum absolute atomic E-state index is 0. The van der Waals surface area contributed by atoms with Crippen LogP contribution >= 0.6 is 24.0 Å². The summed E-state index contributed by atoms with van der Waals surface area (Å²) in [7, 11) is -3.01. The maximum absolute atomic E-state index is 11.4. The third-order valence-corrected chi connectivity index (χ3v) is 4.68. The molecule has 0 bridgehead atoms. The van der Waals surface area contributed by atoms with Gasteiger partial charge in [-0.15, -0.1) is 24.0 Å². The standard InChI is InChI=1S/C9H19N3O2S.HI/c1-7(2)12-8(10)11-6-9(4-5-9)15(3,13)14;/h7H,4-6H2,1-3H3,(H3,10,11,12);1H. The van der Waals surface area contributed by atoms with E-state index in [4.69, 9.17) is 5.73 Å². The molecule has 0 atom stereocenters. The maximum Gasteiger partial charge on any atom is 0.188 e. The highest BCUT2D eigenvalue weighted by Gasteiger charge is 2.51.